The summed E-state index contributed by atoms with van der Waals surface area (Å²) < 4.78 is 5.36. The molecule has 0 saturated carbocycles. The molecule has 1 aliphatic rings. The third-order valence-electron chi connectivity index (χ3n) is 3.04. The van der Waals surface area contributed by atoms with Gasteiger partial charge < -0.3 is 9.84 Å². The molecule has 4 nitrogen and oxygen atoms in total. The summed E-state index contributed by atoms with van der Waals surface area (Å²) >= 11 is 1.73. The van der Waals surface area contributed by atoms with Gasteiger partial charge in [0.1, 0.15) is 0 Å². The van der Waals surface area contributed by atoms with Crippen LogP contribution in [0.5, 0.6) is 0 Å². The van der Waals surface area contributed by atoms with Crippen molar-refractivity contribution in [1.82, 2.24) is 15.5 Å². The Balaban J connectivity index is 1.69. The van der Waals surface area contributed by atoms with Gasteiger partial charge in [0.25, 0.3) is 0 Å². The first-order valence-corrected chi connectivity index (χ1v) is 6.85. The van der Waals surface area contributed by atoms with Crippen LogP contribution in [0.1, 0.15) is 35.4 Å². The normalized spacial score (nSPS) is 20.6. The maximum Gasteiger partial charge on any atom is 0.231 e. The van der Waals surface area contributed by atoms with Gasteiger partial charge in [0, 0.05) is 17.8 Å². The molecular formula is C12H15N3OS. The van der Waals surface area contributed by atoms with Gasteiger partial charge in [-0.3, -0.25) is 0 Å². The Kier molecular flexibility index (Phi) is 3.20. The van der Waals surface area contributed by atoms with Gasteiger partial charge in [-0.05, 0) is 30.8 Å². The second kappa shape index (κ2) is 4.98. The van der Waals surface area contributed by atoms with Gasteiger partial charge in [0.05, 0.1) is 5.92 Å². The van der Waals surface area contributed by atoms with Gasteiger partial charge >= 0.3 is 0 Å². The lowest BCUT2D eigenvalue weighted by Crippen LogP contribution is -2.28. The summed E-state index contributed by atoms with van der Waals surface area (Å²) in [5, 5.41) is 9.49. The molecule has 1 N–H and O–H groups in total. The van der Waals surface area contributed by atoms with E-state index >= 15 is 0 Å². The molecule has 0 bridgehead atoms. The van der Waals surface area contributed by atoms with E-state index in [0.717, 1.165) is 37.6 Å². The van der Waals surface area contributed by atoms with Crippen molar-refractivity contribution < 1.29 is 4.52 Å². The van der Waals surface area contributed by atoms with Crippen LogP contribution in [0.25, 0.3) is 0 Å². The van der Waals surface area contributed by atoms with E-state index < -0.39 is 0 Å². The van der Waals surface area contributed by atoms with Crippen LogP contribution >= 0.6 is 11.3 Å². The van der Waals surface area contributed by atoms with Crippen LogP contribution in [0.4, 0.5) is 0 Å². The van der Waals surface area contributed by atoms with E-state index in [-0.39, 0.29) is 0 Å². The van der Waals surface area contributed by atoms with Crippen LogP contribution in [0.15, 0.2) is 22.0 Å². The highest BCUT2D eigenvalue weighted by Crippen LogP contribution is 2.22. The Morgan fingerprint density at radius 3 is 3.29 bits per heavy atom. The van der Waals surface area contributed by atoms with Crippen LogP contribution < -0.4 is 5.32 Å². The molecule has 17 heavy (non-hydrogen) atoms. The van der Waals surface area contributed by atoms with Crippen molar-refractivity contribution in [2.45, 2.75) is 25.2 Å². The molecule has 1 atom stereocenters. The molecule has 1 saturated heterocycles. The van der Waals surface area contributed by atoms with E-state index in [9.17, 15) is 0 Å². The highest BCUT2D eigenvalue weighted by atomic mass is 32.1. The van der Waals surface area contributed by atoms with Gasteiger partial charge in [0.15, 0.2) is 5.82 Å². The van der Waals surface area contributed by atoms with Crippen LogP contribution in [-0.4, -0.2) is 23.2 Å². The number of aromatic nitrogens is 2. The van der Waals surface area contributed by atoms with E-state index in [1.807, 2.05) is 6.07 Å². The maximum atomic E-state index is 5.36. The van der Waals surface area contributed by atoms with Gasteiger partial charge in [-0.2, -0.15) is 4.98 Å². The Hall–Kier alpha value is -1.20. The summed E-state index contributed by atoms with van der Waals surface area (Å²) in [6, 6.07) is 4.15. The first kappa shape index (κ1) is 10.9. The largest absolute Gasteiger partial charge is 0.339 e. The van der Waals surface area contributed by atoms with Gasteiger partial charge in [0.2, 0.25) is 5.89 Å². The fraction of sp³-hybridized carbons (Fsp3) is 0.500. The molecule has 2 aromatic heterocycles. The number of rotatable bonds is 3. The zero-order chi connectivity index (χ0) is 11.5. The van der Waals surface area contributed by atoms with E-state index in [2.05, 4.69) is 26.9 Å². The summed E-state index contributed by atoms with van der Waals surface area (Å²) in [7, 11) is 0. The van der Waals surface area contributed by atoms with Crippen LogP contribution in [0.2, 0.25) is 0 Å². The van der Waals surface area contributed by atoms with Crippen molar-refractivity contribution in [1.29, 1.82) is 0 Å². The summed E-state index contributed by atoms with van der Waals surface area (Å²) in [4.78, 5) is 5.77. The predicted molar refractivity (Wildman–Crippen MR) is 66.3 cm³/mol. The Morgan fingerprint density at radius 1 is 1.53 bits per heavy atom. The minimum Gasteiger partial charge on any atom is -0.339 e. The second-order valence-corrected chi connectivity index (χ2v) is 5.38. The first-order valence-electron chi connectivity index (χ1n) is 5.97. The first-order chi connectivity index (χ1) is 8.42. The average Bonchev–Trinajstić information content (AvgIpc) is 3.02. The monoisotopic (exact) mass is 249 g/mol. The lowest BCUT2D eigenvalue weighted by atomic mass is 10.00. The quantitative estimate of drug-likeness (QED) is 0.906. The summed E-state index contributed by atoms with van der Waals surface area (Å²) in [5.74, 6) is 1.99. The fourth-order valence-electron chi connectivity index (χ4n) is 2.14. The maximum absolute atomic E-state index is 5.36. The smallest absolute Gasteiger partial charge is 0.231 e. The molecule has 0 amide bonds. The highest BCUT2D eigenvalue weighted by molar-refractivity contribution is 7.09. The van der Waals surface area contributed by atoms with Crippen LogP contribution in [0.3, 0.4) is 0 Å². The van der Waals surface area contributed by atoms with E-state index in [1.54, 1.807) is 11.3 Å². The topological polar surface area (TPSA) is 51.0 Å². The SMILES string of the molecule is c1csc(Cc2noc([C@@H]3CCCNC3)n2)c1. The number of hydrogen-bond donors (Lipinski definition) is 1. The average molecular weight is 249 g/mol. The molecule has 3 heterocycles. The van der Waals surface area contributed by atoms with Crippen molar-refractivity contribution in [2.24, 2.45) is 0 Å². The third-order valence-corrected chi connectivity index (χ3v) is 3.92. The standard InChI is InChI=1S/C12H15N3OS/c1-3-9(8-13-5-1)12-14-11(15-16-12)7-10-4-2-6-17-10/h2,4,6,9,13H,1,3,5,7-8H2/t9-/m1/s1. The minimum absolute atomic E-state index is 0.397. The number of hydrogen-bond acceptors (Lipinski definition) is 5. The lowest BCUT2D eigenvalue weighted by molar-refractivity contribution is 0.320. The van der Waals surface area contributed by atoms with Crippen molar-refractivity contribution in [3.63, 3.8) is 0 Å². The molecule has 0 unspecified atom stereocenters. The number of piperidine rings is 1. The van der Waals surface area contributed by atoms with Gasteiger partial charge in [-0.25, -0.2) is 0 Å². The molecule has 3 rings (SSSR count). The zero-order valence-corrected chi connectivity index (χ0v) is 10.4. The van der Waals surface area contributed by atoms with Crippen molar-refractivity contribution >= 4 is 11.3 Å². The number of thiophene rings is 1. The van der Waals surface area contributed by atoms with Gasteiger partial charge in [-0.1, -0.05) is 11.2 Å². The molecule has 5 heteroatoms. The van der Waals surface area contributed by atoms with E-state index in [0.29, 0.717) is 5.92 Å². The molecule has 1 aliphatic heterocycles. The fourth-order valence-corrected chi connectivity index (χ4v) is 2.84. The van der Waals surface area contributed by atoms with Crippen LogP contribution in [-0.2, 0) is 6.42 Å². The summed E-state index contributed by atoms with van der Waals surface area (Å²) in [6.07, 6.45) is 3.11. The second-order valence-electron chi connectivity index (χ2n) is 4.35. The zero-order valence-electron chi connectivity index (χ0n) is 9.56. The Labute approximate surface area is 104 Å². The molecule has 0 spiro atoms. The predicted octanol–water partition coefficient (Wildman–Crippen LogP) is 2.19. The van der Waals surface area contributed by atoms with Crippen molar-refractivity contribution in [3.05, 3.63) is 34.1 Å². The molecule has 0 aromatic carbocycles. The number of nitrogens with one attached hydrogen (secondary N) is 1. The molecule has 2 aromatic rings. The summed E-state index contributed by atoms with van der Waals surface area (Å²) in [5.41, 5.74) is 0. The van der Waals surface area contributed by atoms with E-state index in [4.69, 9.17) is 4.52 Å². The number of nitrogens with zero attached hydrogens (tertiary/aromatic N) is 2. The lowest BCUT2D eigenvalue weighted by Gasteiger charge is -2.18. The van der Waals surface area contributed by atoms with E-state index in [1.165, 1.54) is 11.3 Å². The molecule has 1 fully saturated rings. The molecule has 0 aliphatic carbocycles. The van der Waals surface area contributed by atoms with Crippen molar-refractivity contribution in [3.8, 4) is 0 Å². The Morgan fingerprint density at radius 2 is 2.53 bits per heavy atom. The summed E-state index contributed by atoms with van der Waals surface area (Å²) in [6.45, 7) is 2.06. The molecule has 90 valence electrons. The van der Waals surface area contributed by atoms with Gasteiger partial charge in [-0.15, -0.1) is 11.3 Å². The van der Waals surface area contributed by atoms with Crippen molar-refractivity contribution in [2.75, 3.05) is 13.1 Å². The van der Waals surface area contributed by atoms with Crippen LogP contribution in [0, 0.1) is 0 Å². The third kappa shape index (κ3) is 2.56. The molecular weight excluding hydrogens is 234 g/mol. The molecule has 0 radical (unpaired) electrons. The minimum atomic E-state index is 0.397. The Bertz CT molecular complexity index is 460. The highest BCUT2D eigenvalue weighted by Gasteiger charge is 2.21.